The lowest BCUT2D eigenvalue weighted by molar-refractivity contribution is 0.304. The highest BCUT2D eigenvalue weighted by atomic mass is 32.2. The van der Waals surface area contributed by atoms with E-state index in [2.05, 4.69) is 15.2 Å². The largest absolute Gasteiger partial charge is 0.370 e. The zero-order valence-corrected chi connectivity index (χ0v) is 13.1. The maximum atomic E-state index is 11.3. The number of hydrogen-bond acceptors (Lipinski definition) is 4. The van der Waals surface area contributed by atoms with E-state index in [1.807, 2.05) is 31.2 Å². The molecule has 0 unspecified atom stereocenters. The first kappa shape index (κ1) is 15.8. The van der Waals surface area contributed by atoms with Crippen LogP contribution in [0.15, 0.2) is 29.3 Å². The Labute approximate surface area is 126 Å². The Kier molecular flexibility index (Phi) is 5.19. The average Bonchev–Trinajstić information content (AvgIpc) is 2.41. The molecule has 7 heteroatoms. The van der Waals surface area contributed by atoms with Gasteiger partial charge in [-0.05, 0) is 24.6 Å². The van der Waals surface area contributed by atoms with Gasteiger partial charge in [0, 0.05) is 25.3 Å². The zero-order chi connectivity index (χ0) is 15.3. The highest BCUT2D eigenvalue weighted by molar-refractivity contribution is 7.91. The van der Waals surface area contributed by atoms with Crippen LogP contribution < -0.4 is 11.1 Å². The molecule has 1 heterocycles. The summed E-state index contributed by atoms with van der Waals surface area (Å²) < 4.78 is 22.6. The van der Waals surface area contributed by atoms with E-state index in [0.29, 0.717) is 25.6 Å². The van der Waals surface area contributed by atoms with Gasteiger partial charge in [0.05, 0.1) is 18.1 Å². The van der Waals surface area contributed by atoms with Crippen molar-refractivity contribution >= 4 is 21.5 Å². The Morgan fingerprint density at radius 1 is 1.38 bits per heavy atom. The first-order chi connectivity index (χ1) is 9.94. The molecular weight excluding hydrogens is 288 g/mol. The van der Waals surface area contributed by atoms with Crippen LogP contribution in [0.4, 0.5) is 5.69 Å². The minimum Gasteiger partial charge on any atom is -0.370 e. The Balaban J connectivity index is 1.76. The summed E-state index contributed by atoms with van der Waals surface area (Å²) in [7, 11) is -2.82. The van der Waals surface area contributed by atoms with E-state index in [4.69, 9.17) is 5.73 Å². The smallest absolute Gasteiger partial charge is 0.193 e. The number of aliphatic imine (C=N–C) groups is 1. The number of guanidine groups is 1. The zero-order valence-electron chi connectivity index (χ0n) is 12.2. The second kappa shape index (κ2) is 6.91. The minimum atomic E-state index is -2.82. The van der Waals surface area contributed by atoms with Crippen LogP contribution in [0.5, 0.6) is 0 Å². The topological polar surface area (TPSA) is 87.8 Å². The van der Waals surface area contributed by atoms with E-state index in [9.17, 15) is 8.42 Å². The number of anilines is 1. The maximum absolute atomic E-state index is 11.3. The second-order valence-corrected chi connectivity index (χ2v) is 7.56. The third kappa shape index (κ3) is 5.35. The summed E-state index contributed by atoms with van der Waals surface area (Å²) in [6, 6.07) is 7.91. The third-order valence-corrected chi connectivity index (χ3v) is 5.04. The average molecular weight is 310 g/mol. The monoisotopic (exact) mass is 310 g/mol. The lowest BCUT2D eigenvalue weighted by Crippen LogP contribution is -2.41. The van der Waals surface area contributed by atoms with Gasteiger partial charge >= 0.3 is 0 Å². The molecule has 1 aliphatic heterocycles. The van der Waals surface area contributed by atoms with Gasteiger partial charge in [0.1, 0.15) is 0 Å². The van der Waals surface area contributed by atoms with Gasteiger partial charge in [0.15, 0.2) is 15.8 Å². The minimum absolute atomic E-state index is 0.244. The van der Waals surface area contributed by atoms with E-state index < -0.39 is 9.84 Å². The number of sulfone groups is 1. The summed E-state index contributed by atoms with van der Waals surface area (Å²) in [5.74, 6) is 0.867. The van der Waals surface area contributed by atoms with Crippen molar-refractivity contribution in [1.82, 2.24) is 4.90 Å². The molecule has 1 fully saturated rings. The molecule has 2 rings (SSSR count). The van der Waals surface area contributed by atoms with Crippen LogP contribution in [0.25, 0.3) is 0 Å². The predicted molar refractivity (Wildman–Crippen MR) is 86.4 cm³/mol. The van der Waals surface area contributed by atoms with E-state index >= 15 is 0 Å². The van der Waals surface area contributed by atoms with Crippen molar-refractivity contribution in [3.63, 3.8) is 0 Å². The van der Waals surface area contributed by atoms with Gasteiger partial charge in [-0.3, -0.25) is 9.89 Å². The van der Waals surface area contributed by atoms with E-state index in [0.717, 1.165) is 17.8 Å². The van der Waals surface area contributed by atoms with Gasteiger partial charge in [0.25, 0.3) is 0 Å². The normalized spacial score (nSPS) is 19.4. The van der Waals surface area contributed by atoms with E-state index in [1.165, 1.54) is 0 Å². The number of nitrogens with zero attached hydrogens (tertiary/aromatic N) is 2. The Bertz CT molecular complexity index is 599. The summed E-state index contributed by atoms with van der Waals surface area (Å²) in [6.45, 7) is 4.48. The van der Waals surface area contributed by atoms with Crippen LogP contribution in [-0.4, -0.2) is 57.0 Å². The van der Waals surface area contributed by atoms with Crippen LogP contribution in [0, 0.1) is 6.92 Å². The van der Waals surface area contributed by atoms with Crippen molar-refractivity contribution in [3.8, 4) is 0 Å². The van der Waals surface area contributed by atoms with Gasteiger partial charge in [-0.25, -0.2) is 8.42 Å². The highest BCUT2D eigenvalue weighted by Gasteiger charge is 2.20. The maximum Gasteiger partial charge on any atom is 0.193 e. The Morgan fingerprint density at radius 2 is 2.10 bits per heavy atom. The number of aryl methyl sites for hydroxylation is 1. The molecule has 1 aromatic rings. The molecule has 0 amide bonds. The Morgan fingerprint density at radius 3 is 2.76 bits per heavy atom. The highest BCUT2D eigenvalue weighted by Crippen LogP contribution is 2.08. The molecule has 0 bridgehead atoms. The molecule has 0 aromatic heterocycles. The molecule has 0 spiro atoms. The van der Waals surface area contributed by atoms with E-state index in [1.54, 1.807) is 0 Å². The fourth-order valence-corrected chi connectivity index (χ4v) is 3.47. The summed E-state index contributed by atoms with van der Waals surface area (Å²) in [5.41, 5.74) is 7.91. The van der Waals surface area contributed by atoms with Gasteiger partial charge in [-0.2, -0.15) is 0 Å². The lowest BCUT2D eigenvalue weighted by atomic mass is 10.2. The molecule has 0 aliphatic carbocycles. The number of rotatable bonds is 4. The van der Waals surface area contributed by atoms with Crippen molar-refractivity contribution in [2.24, 2.45) is 10.7 Å². The van der Waals surface area contributed by atoms with Crippen molar-refractivity contribution in [2.45, 2.75) is 6.92 Å². The molecule has 6 nitrogen and oxygen atoms in total. The second-order valence-electron chi connectivity index (χ2n) is 5.25. The van der Waals surface area contributed by atoms with Gasteiger partial charge in [0.2, 0.25) is 0 Å². The molecule has 0 radical (unpaired) electrons. The molecule has 0 saturated carbocycles. The number of nitrogens with two attached hydrogens (primary N) is 1. The van der Waals surface area contributed by atoms with Gasteiger partial charge in [-0.15, -0.1) is 0 Å². The van der Waals surface area contributed by atoms with Crippen LogP contribution >= 0.6 is 0 Å². The van der Waals surface area contributed by atoms with Gasteiger partial charge < -0.3 is 11.1 Å². The molecule has 116 valence electrons. The summed E-state index contributed by atoms with van der Waals surface area (Å²) in [5, 5.41) is 3.05. The quantitative estimate of drug-likeness (QED) is 0.623. The Hall–Kier alpha value is -1.60. The fourth-order valence-electron chi connectivity index (χ4n) is 2.20. The van der Waals surface area contributed by atoms with Crippen LogP contribution in [0.3, 0.4) is 0 Å². The van der Waals surface area contributed by atoms with E-state index in [-0.39, 0.29) is 11.5 Å². The number of hydrogen-bond donors (Lipinski definition) is 2. The molecular formula is C14H22N4O2S. The molecule has 1 aromatic carbocycles. The van der Waals surface area contributed by atoms with Crippen molar-refractivity contribution in [1.29, 1.82) is 0 Å². The molecule has 0 atom stereocenters. The SMILES string of the molecule is Cc1cccc(NC(N)=NCCN2CCS(=O)(=O)CC2)c1. The lowest BCUT2D eigenvalue weighted by Gasteiger charge is -2.25. The third-order valence-electron chi connectivity index (χ3n) is 3.43. The van der Waals surface area contributed by atoms with Crippen LogP contribution in [0.1, 0.15) is 5.56 Å². The molecule has 1 aliphatic rings. The van der Waals surface area contributed by atoms with Crippen molar-refractivity contribution in [3.05, 3.63) is 29.8 Å². The molecule has 1 saturated heterocycles. The number of nitrogens with one attached hydrogen (secondary N) is 1. The number of benzene rings is 1. The first-order valence-corrected chi connectivity index (χ1v) is 8.83. The van der Waals surface area contributed by atoms with Crippen molar-refractivity contribution in [2.75, 3.05) is 43.0 Å². The molecule has 3 N–H and O–H groups in total. The summed E-state index contributed by atoms with van der Waals surface area (Å²) >= 11 is 0. The van der Waals surface area contributed by atoms with Crippen LogP contribution in [-0.2, 0) is 9.84 Å². The van der Waals surface area contributed by atoms with Crippen molar-refractivity contribution < 1.29 is 8.42 Å². The fraction of sp³-hybridized carbons (Fsp3) is 0.500. The van der Waals surface area contributed by atoms with Crippen LogP contribution in [0.2, 0.25) is 0 Å². The predicted octanol–water partition coefficient (Wildman–Crippen LogP) is 0.452. The molecule has 21 heavy (non-hydrogen) atoms. The standard InChI is InChI=1S/C14H22N4O2S/c1-12-3-2-4-13(11-12)17-14(15)16-5-6-18-7-9-21(19,20)10-8-18/h2-4,11H,5-10H2,1H3,(H3,15,16,17). The first-order valence-electron chi connectivity index (χ1n) is 7.01. The van der Waals surface area contributed by atoms with Gasteiger partial charge in [-0.1, -0.05) is 12.1 Å². The summed E-state index contributed by atoms with van der Waals surface area (Å²) in [6.07, 6.45) is 0. The summed E-state index contributed by atoms with van der Waals surface area (Å²) in [4.78, 5) is 6.37.